The van der Waals surface area contributed by atoms with E-state index >= 15 is 0 Å². The van der Waals surface area contributed by atoms with Crippen LogP contribution in [0.25, 0.3) is 17.2 Å². The average molecular weight is 428 g/mol. The fourth-order valence-corrected chi connectivity index (χ4v) is 5.54. The molecule has 3 nitrogen and oxygen atoms in total. The van der Waals surface area contributed by atoms with Crippen molar-refractivity contribution in [3.8, 4) is 11.1 Å². The van der Waals surface area contributed by atoms with E-state index in [1.165, 1.54) is 19.1 Å². The Hall–Kier alpha value is -2.63. The third-order valence-corrected chi connectivity index (χ3v) is 6.77. The SMILES string of the molecule is CC(=O)N[C@]1(C)C[C@@H]2CC(F)(F)CC[C@H]2[C@@H]1C=Cc1ccc(-c2cccc(F)c2)cn1. The van der Waals surface area contributed by atoms with Gasteiger partial charge in [-0.3, -0.25) is 9.78 Å². The van der Waals surface area contributed by atoms with Crippen molar-refractivity contribution in [2.24, 2.45) is 17.8 Å². The highest BCUT2D eigenvalue weighted by Crippen LogP contribution is 2.54. The lowest BCUT2D eigenvalue weighted by atomic mass is 9.75. The fraction of sp³-hybridized carbons (Fsp3) is 0.440. The zero-order chi connectivity index (χ0) is 22.2. The fourth-order valence-electron chi connectivity index (χ4n) is 5.54. The molecule has 1 amide bonds. The highest BCUT2D eigenvalue weighted by molar-refractivity contribution is 5.74. The van der Waals surface area contributed by atoms with Crippen LogP contribution in [0.15, 0.2) is 48.7 Å². The van der Waals surface area contributed by atoms with Crippen LogP contribution < -0.4 is 5.32 Å². The van der Waals surface area contributed by atoms with E-state index in [-0.39, 0.29) is 42.3 Å². The zero-order valence-corrected chi connectivity index (χ0v) is 17.7. The van der Waals surface area contributed by atoms with Gasteiger partial charge in [0.2, 0.25) is 11.8 Å². The zero-order valence-electron chi connectivity index (χ0n) is 17.7. The van der Waals surface area contributed by atoms with Crippen molar-refractivity contribution in [2.45, 2.75) is 51.0 Å². The van der Waals surface area contributed by atoms with Crippen LogP contribution in [0.5, 0.6) is 0 Å². The van der Waals surface area contributed by atoms with Gasteiger partial charge >= 0.3 is 0 Å². The maximum absolute atomic E-state index is 14.0. The molecule has 0 radical (unpaired) electrons. The summed E-state index contributed by atoms with van der Waals surface area (Å²) in [5.74, 6) is -3.11. The van der Waals surface area contributed by atoms with Gasteiger partial charge in [-0.25, -0.2) is 13.2 Å². The molecule has 0 aliphatic heterocycles. The number of aromatic nitrogens is 1. The average Bonchev–Trinajstić information content (AvgIpc) is 2.95. The lowest BCUT2D eigenvalue weighted by Gasteiger charge is -2.35. The molecule has 1 aromatic heterocycles. The summed E-state index contributed by atoms with van der Waals surface area (Å²) in [4.78, 5) is 16.3. The first-order valence-electron chi connectivity index (χ1n) is 10.7. The molecule has 2 fully saturated rings. The predicted octanol–water partition coefficient (Wildman–Crippen LogP) is 5.87. The summed E-state index contributed by atoms with van der Waals surface area (Å²) in [6.07, 6.45) is 6.40. The summed E-state index contributed by atoms with van der Waals surface area (Å²) < 4.78 is 41.5. The van der Waals surface area contributed by atoms with Gasteiger partial charge in [0, 0.05) is 43.0 Å². The van der Waals surface area contributed by atoms with E-state index in [0.29, 0.717) is 12.8 Å². The number of nitrogens with zero attached hydrogens (tertiary/aromatic N) is 1. The van der Waals surface area contributed by atoms with Crippen molar-refractivity contribution < 1.29 is 18.0 Å². The van der Waals surface area contributed by atoms with Gasteiger partial charge in [-0.2, -0.15) is 0 Å². The minimum Gasteiger partial charge on any atom is -0.351 e. The number of alkyl halides is 2. The summed E-state index contributed by atoms with van der Waals surface area (Å²) in [5.41, 5.74) is 1.74. The molecule has 164 valence electrons. The number of fused-ring (bicyclic) bond motifs is 1. The van der Waals surface area contributed by atoms with Gasteiger partial charge < -0.3 is 5.32 Å². The molecule has 31 heavy (non-hydrogen) atoms. The molecule has 2 saturated carbocycles. The Bertz CT molecular complexity index is 989. The lowest BCUT2D eigenvalue weighted by Crippen LogP contribution is -2.48. The van der Waals surface area contributed by atoms with Crippen molar-refractivity contribution in [2.75, 3.05) is 0 Å². The highest BCUT2D eigenvalue weighted by atomic mass is 19.3. The number of hydrogen-bond donors (Lipinski definition) is 1. The molecule has 2 aliphatic rings. The monoisotopic (exact) mass is 428 g/mol. The number of carbonyl (C=O) groups is 1. The number of pyridine rings is 1. The maximum Gasteiger partial charge on any atom is 0.248 e. The first-order valence-corrected chi connectivity index (χ1v) is 10.7. The van der Waals surface area contributed by atoms with Gasteiger partial charge in [-0.1, -0.05) is 24.3 Å². The molecular formula is C25H27F3N2O. The minimum atomic E-state index is -2.62. The normalized spacial score (nSPS) is 29.6. The minimum absolute atomic E-state index is 0.0396. The third-order valence-electron chi connectivity index (χ3n) is 6.77. The largest absolute Gasteiger partial charge is 0.351 e. The maximum atomic E-state index is 14.0. The predicted molar refractivity (Wildman–Crippen MR) is 115 cm³/mol. The molecule has 4 atom stereocenters. The summed E-state index contributed by atoms with van der Waals surface area (Å²) in [7, 11) is 0. The summed E-state index contributed by atoms with van der Waals surface area (Å²) >= 11 is 0. The molecule has 1 heterocycles. The molecule has 2 aromatic rings. The molecule has 0 unspecified atom stereocenters. The highest BCUT2D eigenvalue weighted by Gasteiger charge is 2.55. The van der Waals surface area contributed by atoms with E-state index in [1.807, 2.05) is 37.3 Å². The number of nitrogens with one attached hydrogen (secondary N) is 1. The Kier molecular flexibility index (Phi) is 5.67. The Labute approximate surface area is 180 Å². The molecule has 1 aromatic carbocycles. The first-order chi connectivity index (χ1) is 14.7. The van der Waals surface area contributed by atoms with E-state index < -0.39 is 11.5 Å². The van der Waals surface area contributed by atoms with E-state index in [4.69, 9.17) is 0 Å². The molecule has 2 aliphatic carbocycles. The van der Waals surface area contributed by atoms with E-state index in [0.717, 1.165) is 16.8 Å². The van der Waals surface area contributed by atoms with Crippen LogP contribution in [0.3, 0.4) is 0 Å². The van der Waals surface area contributed by atoms with Crippen molar-refractivity contribution in [1.82, 2.24) is 10.3 Å². The van der Waals surface area contributed by atoms with Crippen LogP contribution >= 0.6 is 0 Å². The standard InChI is InChI=1S/C25H27F3N2O/c1-16(31)30-24(2)13-19-14-25(27,28)11-10-22(19)23(24)9-8-21-7-6-18(15-29-21)17-4-3-5-20(26)12-17/h3-9,12,15,19,22-23H,10-11,13-14H2,1-2H3,(H,30,31)/t19-,22-,23+,24-/m1/s1. The second-order valence-electron chi connectivity index (χ2n) is 9.19. The smallest absolute Gasteiger partial charge is 0.248 e. The van der Waals surface area contributed by atoms with Gasteiger partial charge in [0.15, 0.2) is 0 Å². The Morgan fingerprint density at radius 3 is 2.68 bits per heavy atom. The first kappa shape index (κ1) is 21.6. The van der Waals surface area contributed by atoms with Gasteiger partial charge in [0.05, 0.1) is 5.69 Å². The molecule has 6 heteroatoms. The summed E-state index contributed by atoms with van der Waals surface area (Å²) in [6, 6.07) is 10.1. The quantitative estimate of drug-likeness (QED) is 0.662. The lowest BCUT2D eigenvalue weighted by molar-refractivity contribution is -0.121. The van der Waals surface area contributed by atoms with Crippen LogP contribution in [-0.4, -0.2) is 22.4 Å². The molecule has 0 spiro atoms. The Morgan fingerprint density at radius 2 is 2.00 bits per heavy atom. The molecule has 1 N–H and O–H groups in total. The van der Waals surface area contributed by atoms with Crippen molar-refractivity contribution in [3.05, 3.63) is 60.2 Å². The Morgan fingerprint density at radius 1 is 1.19 bits per heavy atom. The van der Waals surface area contributed by atoms with Crippen LogP contribution in [0.2, 0.25) is 0 Å². The second-order valence-corrected chi connectivity index (χ2v) is 9.19. The van der Waals surface area contributed by atoms with Crippen LogP contribution in [0, 0.1) is 23.6 Å². The van der Waals surface area contributed by atoms with Gasteiger partial charge in [-0.05, 0) is 61.4 Å². The number of hydrogen-bond acceptors (Lipinski definition) is 2. The van der Waals surface area contributed by atoms with Gasteiger partial charge in [-0.15, -0.1) is 0 Å². The third kappa shape index (κ3) is 4.68. The second kappa shape index (κ2) is 8.13. The molecule has 4 rings (SSSR count). The summed E-state index contributed by atoms with van der Waals surface area (Å²) in [6.45, 7) is 3.43. The number of carbonyl (C=O) groups excluding carboxylic acids is 1. The van der Waals surface area contributed by atoms with Crippen LogP contribution in [0.4, 0.5) is 13.2 Å². The Balaban J connectivity index is 1.56. The molecule has 0 bridgehead atoms. The van der Waals surface area contributed by atoms with E-state index in [2.05, 4.69) is 10.3 Å². The van der Waals surface area contributed by atoms with Crippen molar-refractivity contribution in [1.29, 1.82) is 0 Å². The number of halogens is 3. The number of benzene rings is 1. The van der Waals surface area contributed by atoms with E-state index in [9.17, 15) is 18.0 Å². The topological polar surface area (TPSA) is 42.0 Å². The van der Waals surface area contributed by atoms with Crippen LogP contribution in [-0.2, 0) is 4.79 Å². The van der Waals surface area contributed by atoms with Crippen molar-refractivity contribution >= 4 is 12.0 Å². The van der Waals surface area contributed by atoms with Crippen LogP contribution in [0.1, 0.15) is 45.2 Å². The number of amides is 1. The van der Waals surface area contributed by atoms with E-state index in [1.54, 1.807) is 12.3 Å². The van der Waals surface area contributed by atoms with Crippen molar-refractivity contribution in [3.63, 3.8) is 0 Å². The summed E-state index contributed by atoms with van der Waals surface area (Å²) in [5, 5.41) is 3.03. The molecule has 0 saturated heterocycles. The van der Waals surface area contributed by atoms with Gasteiger partial charge in [0.25, 0.3) is 0 Å². The number of rotatable bonds is 4. The molecular weight excluding hydrogens is 401 g/mol. The van der Waals surface area contributed by atoms with Gasteiger partial charge in [0.1, 0.15) is 5.82 Å².